The number of halogens is 2. The maximum absolute atomic E-state index is 13.2. The van der Waals surface area contributed by atoms with Gasteiger partial charge in [0.25, 0.3) is 5.91 Å². The van der Waals surface area contributed by atoms with Crippen molar-refractivity contribution < 1.29 is 13.9 Å². The first kappa shape index (κ1) is 17.6. The summed E-state index contributed by atoms with van der Waals surface area (Å²) in [5.41, 5.74) is 2.41. The SMILES string of the molecule is Cc1cc(OC(C)C(=O)Nc2nc3ccc(F)cc3s2)cc(C)c1Cl. The first-order chi connectivity index (χ1) is 11.8. The third-order valence-electron chi connectivity index (χ3n) is 3.67. The molecule has 0 aliphatic carbocycles. The lowest BCUT2D eigenvalue weighted by atomic mass is 10.1. The van der Waals surface area contributed by atoms with Gasteiger partial charge in [-0.25, -0.2) is 9.37 Å². The topological polar surface area (TPSA) is 51.2 Å². The highest BCUT2D eigenvalue weighted by Gasteiger charge is 2.17. The van der Waals surface area contributed by atoms with Gasteiger partial charge in [-0.3, -0.25) is 10.1 Å². The quantitative estimate of drug-likeness (QED) is 0.686. The van der Waals surface area contributed by atoms with E-state index in [1.165, 1.54) is 23.5 Å². The van der Waals surface area contributed by atoms with Crippen LogP contribution in [0, 0.1) is 19.7 Å². The van der Waals surface area contributed by atoms with Crippen LogP contribution in [0.15, 0.2) is 30.3 Å². The summed E-state index contributed by atoms with van der Waals surface area (Å²) < 4.78 is 19.6. The maximum atomic E-state index is 13.2. The minimum absolute atomic E-state index is 0.329. The average Bonchev–Trinajstić information content (AvgIpc) is 2.93. The van der Waals surface area contributed by atoms with Gasteiger partial charge in [0, 0.05) is 5.02 Å². The van der Waals surface area contributed by atoms with Crippen LogP contribution in [0.1, 0.15) is 18.1 Å². The lowest BCUT2D eigenvalue weighted by Crippen LogP contribution is -2.30. The Balaban J connectivity index is 1.71. The summed E-state index contributed by atoms with van der Waals surface area (Å²) in [6.45, 7) is 5.42. The number of anilines is 1. The van der Waals surface area contributed by atoms with E-state index in [1.54, 1.807) is 25.1 Å². The highest BCUT2D eigenvalue weighted by Crippen LogP contribution is 2.28. The summed E-state index contributed by atoms with van der Waals surface area (Å²) in [6.07, 6.45) is -0.719. The fraction of sp³-hybridized carbons (Fsp3) is 0.222. The smallest absolute Gasteiger partial charge is 0.266 e. The number of carbonyl (C=O) groups excluding carboxylic acids is 1. The molecule has 0 bridgehead atoms. The van der Waals surface area contributed by atoms with Gasteiger partial charge in [-0.2, -0.15) is 0 Å². The van der Waals surface area contributed by atoms with Crippen molar-refractivity contribution in [3.05, 3.63) is 52.3 Å². The van der Waals surface area contributed by atoms with E-state index in [-0.39, 0.29) is 11.7 Å². The molecule has 2 aromatic carbocycles. The number of benzene rings is 2. The van der Waals surface area contributed by atoms with Crippen molar-refractivity contribution in [2.24, 2.45) is 0 Å². The van der Waals surface area contributed by atoms with Crippen LogP contribution in [0.25, 0.3) is 10.2 Å². The predicted octanol–water partition coefficient (Wildman–Crippen LogP) is 5.11. The molecule has 0 saturated carbocycles. The normalized spacial score (nSPS) is 12.2. The van der Waals surface area contributed by atoms with Gasteiger partial charge in [0.1, 0.15) is 11.6 Å². The van der Waals surface area contributed by atoms with Gasteiger partial charge < -0.3 is 4.74 Å². The van der Waals surface area contributed by atoms with Crippen LogP contribution in [0.4, 0.5) is 9.52 Å². The Kier molecular flexibility index (Phi) is 4.92. The van der Waals surface area contributed by atoms with Crippen LogP contribution < -0.4 is 10.1 Å². The molecule has 25 heavy (non-hydrogen) atoms. The van der Waals surface area contributed by atoms with Gasteiger partial charge in [-0.15, -0.1) is 0 Å². The molecule has 7 heteroatoms. The highest BCUT2D eigenvalue weighted by atomic mass is 35.5. The number of nitrogens with zero attached hydrogens (tertiary/aromatic N) is 1. The van der Waals surface area contributed by atoms with E-state index < -0.39 is 6.10 Å². The molecule has 1 amide bonds. The number of hydrogen-bond acceptors (Lipinski definition) is 4. The van der Waals surface area contributed by atoms with E-state index in [0.717, 1.165) is 11.1 Å². The number of aromatic nitrogens is 1. The van der Waals surface area contributed by atoms with Crippen LogP contribution in [0.3, 0.4) is 0 Å². The Morgan fingerprint density at radius 3 is 2.64 bits per heavy atom. The summed E-state index contributed by atoms with van der Waals surface area (Å²) in [4.78, 5) is 16.6. The molecule has 0 fully saturated rings. The summed E-state index contributed by atoms with van der Waals surface area (Å²) in [5.74, 6) is -0.0857. The Bertz CT molecular complexity index is 934. The third-order valence-corrected chi connectivity index (χ3v) is 5.20. The molecule has 4 nitrogen and oxygen atoms in total. The molecule has 1 unspecified atom stereocenters. The zero-order valence-corrected chi connectivity index (χ0v) is 15.5. The van der Waals surface area contributed by atoms with Crippen LogP contribution in [-0.4, -0.2) is 17.0 Å². The summed E-state index contributed by atoms with van der Waals surface area (Å²) in [7, 11) is 0. The molecule has 1 heterocycles. The van der Waals surface area contributed by atoms with Crippen molar-refractivity contribution >= 4 is 44.2 Å². The fourth-order valence-electron chi connectivity index (χ4n) is 2.39. The number of ether oxygens (including phenoxy) is 1. The first-order valence-corrected chi connectivity index (χ1v) is 8.83. The molecule has 0 aliphatic heterocycles. The largest absolute Gasteiger partial charge is 0.481 e. The van der Waals surface area contributed by atoms with Gasteiger partial charge >= 0.3 is 0 Å². The van der Waals surface area contributed by atoms with E-state index in [2.05, 4.69) is 10.3 Å². The van der Waals surface area contributed by atoms with Crippen molar-refractivity contribution in [2.75, 3.05) is 5.32 Å². The molecule has 0 aliphatic rings. The van der Waals surface area contributed by atoms with E-state index in [1.807, 2.05) is 13.8 Å². The molecule has 130 valence electrons. The second kappa shape index (κ2) is 6.98. The van der Waals surface area contributed by atoms with Crippen molar-refractivity contribution in [1.29, 1.82) is 0 Å². The van der Waals surface area contributed by atoms with Crippen LogP contribution >= 0.6 is 22.9 Å². The number of rotatable bonds is 4. The Labute approximate surface area is 153 Å². The minimum atomic E-state index is -0.719. The minimum Gasteiger partial charge on any atom is -0.481 e. The molecule has 0 saturated heterocycles. The molecule has 1 atom stereocenters. The number of nitrogens with one attached hydrogen (secondary N) is 1. The van der Waals surface area contributed by atoms with Crippen LogP contribution in [-0.2, 0) is 4.79 Å². The number of thiazole rings is 1. The molecular weight excluding hydrogens is 363 g/mol. The molecule has 3 rings (SSSR count). The van der Waals surface area contributed by atoms with Gasteiger partial charge in [0.15, 0.2) is 11.2 Å². The van der Waals surface area contributed by atoms with Crippen molar-refractivity contribution in [2.45, 2.75) is 26.9 Å². The Hall–Kier alpha value is -2.18. The molecular formula is C18H16ClFN2O2S. The zero-order chi connectivity index (χ0) is 18.1. The maximum Gasteiger partial charge on any atom is 0.266 e. The van der Waals surface area contributed by atoms with Gasteiger partial charge in [-0.1, -0.05) is 22.9 Å². The average molecular weight is 379 g/mol. The van der Waals surface area contributed by atoms with Crippen LogP contribution in [0.2, 0.25) is 5.02 Å². The van der Waals surface area contributed by atoms with E-state index in [0.29, 0.717) is 26.1 Å². The monoisotopic (exact) mass is 378 g/mol. The van der Waals surface area contributed by atoms with Gasteiger partial charge in [0.2, 0.25) is 0 Å². The molecule has 1 N–H and O–H groups in total. The number of aryl methyl sites for hydroxylation is 2. The number of fused-ring (bicyclic) bond motifs is 1. The van der Waals surface area contributed by atoms with Crippen molar-refractivity contribution in [1.82, 2.24) is 4.98 Å². The summed E-state index contributed by atoms with van der Waals surface area (Å²) in [5, 5.41) is 3.80. The first-order valence-electron chi connectivity index (χ1n) is 7.64. The second-order valence-corrected chi connectivity index (χ2v) is 7.16. The lowest BCUT2D eigenvalue weighted by Gasteiger charge is -2.15. The third kappa shape index (κ3) is 3.91. The molecule has 0 spiro atoms. The second-order valence-electron chi connectivity index (χ2n) is 5.75. The van der Waals surface area contributed by atoms with E-state index in [4.69, 9.17) is 16.3 Å². The zero-order valence-electron chi connectivity index (χ0n) is 13.9. The highest BCUT2D eigenvalue weighted by molar-refractivity contribution is 7.22. The lowest BCUT2D eigenvalue weighted by molar-refractivity contribution is -0.122. The van der Waals surface area contributed by atoms with Crippen molar-refractivity contribution in [3.8, 4) is 5.75 Å². The number of hydrogen-bond donors (Lipinski definition) is 1. The number of amides is 1. The molecule has 0 radical (unpaired) electrons. The van der Waals surface area contributed by atoms with Crippen LogP contribution in [0.5, 0.6) is 5.75 Å². The summed E-state index contributed by atoms with van der Waals surface area (Å²) in [6, 6.07) is 7.89. The Morgan fingerprint density at radius 2 is 1.96 bits per heavy atom. The molecule has 1 aromatic heterocycles. The van der Waals surface area contributed by atoms with Crippen molar-refractivity contribution in [3.63, 3.8) is 0 Å². The summed E-state index contributed by atoms with van der Waals surface area (Å²) >= 11 is 7.35. The molecule has 3 aromatic rings. The van der Waals surface area contributed by atoms with Gasteiger partial charge in [0.05, 0.1) is 10.2 Å². The predicted molar refractivity (Wildman–Crippen MR) is 99.2 cm³/mol. The standard InChI is InChI=1S/C18H16ClFN2O2S/c1-9-6-13(7-10(2)16(9)19)24-11(3)17(23)22-18-21-14-5-4-12(20)8-15(14)25-18/h4-8,11H,1-3H3,(H,21,22,23). The fourth-order valence-corrected chi connectivity index (χ4v) is 3.39. The van der Waals surface area contributed by atoms with E-state index in [9.17, 15) is 9.18 Å². The Morgan fingerprint density at radius 1 is 1.28 bits per heavy atom. The van der Waals surface area contributed by atoms with E-state index >= 15 is 0 Å². The van der Waals surface area contributed by atoms with Gasteiger partial charge in [-0.05, 0) is 62.2 Å². The number of carbonyl (C=O) groups is 1.